The van der Waals surface area contributed by atoms with Gasteiger partial charge in [-0.25, -0.2) is 4.98 Å². The largest absolute Gasteiger partial charge is 0.323 e. The summed E-state index contributed by atoms with van der Waals surface area (Å²) in [6.07, 6.45) is 2.86. The molecule has 17 heavy (non-hydrogen) atoms. The molecule has 0 bridgehead atoms. The number of rotatable bonds is 3. The molecule has 0 saturated carbocycles. The first-order valence-corrected chi connectivity index (χ1v) is 4.82. The van der Waals surface area contributed by atoms with Crippen LogP contribution in [0.5, 0.6) is 0 Å². The number of nitrogens with one attached hydrogen (secondary N) is 2. The van der Waals surface area contributed by atoms with Gasteiger partial charge in [-0.15, -0.1) is 5.10 Å². The van der Waals surface area contributed by atoms with Gasteiger partial charge in [-0.2, -0.15) is 5.10 Å². The summed E-state index contributed by atoms with van der Waals surface area (Å²) in [4.78, 5) is 15.7. The lowest BCUT2D eigenvalue weighted by Gasteiger charge is -2.07. The van der Waals surface area contributed by atoms with Gasteiger partial charge in [0.2, 0.25) is 5.95 Å². The average Bonchev–Trinajstić information content (AvgIpc) is 2.40. The number of amides is 1. The van der Waals surface area contributed by atoms with Gasteiger partial charge < -0.3 is 5.43 Å². The summed E-state index contributed by atoms with van der Waals surface area (Å²) in [5.74, 6) is 5.10. The predicted octanol–water partition coefficient (Wildman–Crippen LogP) is 0.409. The van der Waals surface area contributed by atoms with Gasteiger partial charge in [-0.1, -0.05) is 12.1 Å². The second kappa shape index (κ2) is 4.99. The minimum Gasteiger partial charge on any atom is -0.323 e. The zero-order valence-corrected chi connectivity index (χ0v) is 8.79. The van der Waals surface area contributed by atoms with E-state index in [0.29, 0.717) is 11.3 Å². The van der Waals surface area contributed by atoms with Crippen LogP contribution in [-0.2, 0) is 0 Å². The summed E-state index contributed by atoms with van der Waals surface area (Å²) < 4.78 is 0. The molecular weight excluding hydrogens is 220 g/mol. The zero-order valence-electron chi connectivity index (χ0n) is 8.79. The fourth-order valence-electron chi connectivity index (χ4n) is 1.28. The summed E-state index contributed by atoms with van der Waals surface area (Å²) in [6.45, 7) is 0. The maximum absolute atomic E-state index is 11.9. The molecule has 0 fully saturated rings. The topological polar surface area (TPSA) is 106 Å². The van der Waals surface area contributed by atoms with Crippen LogP contribution >= 0.6 is 0 Å². The average molecular weight is 230 g/mol. The highest BCUT2D eigenvalue weighted by atomic mass is 16.1. The van der Waals surface area contributed by atoms with Crippen LogP contribution in [0.4, 0.5) is 11.6 Å². The lowest BCUT2D eigenvalue weighted by Crippen LogP contribution is -2.18. The van der Waals surface area contributed by atoms with Crippen LogP contribution in [0.2, 0.25) is 0 Å². The van der Waals surface area contributed by atoms with Crippen molar-refractivity contribution in [2.45, 2.75) is 0 Å². The Morgan fingerprint density at radius 2 is 2.06 bits per heavy atom. The van der Waals surface area contributed by atoms with Crippen LogP contribution in [0.15, 0.2) is 36.7 Å². The molecule has 0 atom stereocenters. The van der Waals surface area contributed by atoms with Crippen molar-refractivity contribution in [2.75, 3.05) is 10.7 Å². The highest BCUT2D eigenvalue weighted by Crippen LogP contribution is 2.14. The Kier molecular flexibility index (Phi) is 3.22. The maximum Gasteiger partial charge on any atom is 0.260 e. The van der Waals surface area contributed by atoms with Gasteiger partial charge in [0.05, 0.1) is 23.6 Å². The third kappa shape index (κ3) is 2.52. The lowest BCUT2D eigenvalue weighted by atomic mass is 10.1. The van der Waals surface area contributed by atoms with Crippen molar-refractivity contribution in [1.29, 1.82) is 0 Å². The van der Waals surface area contributed by atoms with E-state index in [1.54, 1.807) is 24.3 Å². The number of benzene rings is 1. The number of aromatic nitrogens is 3. The molecule has 1 heterocycles. The minimum absolute atomic E-state index is 0.143. The fraction of sp³-hybridized carbons (Fsp3) is 0. The minimum atomic E-state index is -0.355. The van der Waals surface area contributed by atoms with E-state index in [2.05, 4.69) is 25.9 Å². The monoisotopic (exact) mass is 230 g/mol. The van der Waals surface area contributed by atoms with Gasteiger partial charge in [0.25, 0.3) is 5.91 Å². The number of carbonyl (C=O) groups is 1. The van der Waals surface area contributed by atoms with Gasteiger partial charge in [-0.05, 0) is 12.1 Å². The number of anilines is 2. The Labute approximate surface area is 97.1 Å². The molecule has 0 aliphatic carbocycles. The Morgan fingerprint density at radius 1 is 1.24 bits per heavy atom. The summed E-state index contributed by atoms with van der Waals surface area (Å²) in [6, 6.07) is 6.84. The van der Waals surface area contributed by atoms with E-state index in [0.717, 1.165) is 0 Å². The Morgan fingerprint density at radius 3 is 2.76 bits per heavy atom. The first kappa shape index (κ1) is 11.0. The maximum atomic E-state index is 11.9. The van der Waals surface area contributed by atoms with E-state index in [1.807, 2.05) is 0 Å². The number of hydrazine groups is 1. The van der Waals surface area contributed by atoms with Crippen LogP contribution in [0.1, 0.15) is 10.4 Å². The quantitative estimate of drug-likeness (QED) is 0.521. The number of carbonyl (C=O) groups excluding carboxylic acids is 1. The van der Waals surface area contributed by atoms with Crippen molar-refractivity contribution in [1.82, 2.24) is 15.2 Å². The van der Waals surface area contributed by atoms with E-state index in [-0.39, 0.29) is 11.9 Å². The lowest BCUT2D eigenvalue weighted by molar-refractivity contribution is 0.102. The van der Waals surface area contributed by atoms with Gasteiger partial charge in [-0.3, -0.25) is 16.0 Å². The molecule has 1 aromatic heterocycles. The van der Waals surface area contributed by atoms with E-state index in [4.69, 9.17) is 5.84 Å². The number of hydrogen-bond donors (Lipinski definition) is 3. The fourth-order valence-corrected chi connectivity index (χ4v) is 1.28. The Balaban J connectivity index is 2.20. The molecule has 0 aliphatic rings. The van der Waals surface area contributed by atoms with E-state index < -0.39 is 0 Å². The molecular formula is C10H10N6O. The number of para-hydroxylation sites is 1. The van der Waals surface area contributed by atoms with Crippen molar-refractivity contribution in [3.8, 4) is 0 Å². The van der Waals surface area contributed by atoms with Crippen LogP contribution in [0, 0.1) is 0 Å². The van der Waals surface area contributed by atoms with Crippen molar-refractivity contribution in [3.63, 3.8) is 0 Å². The highest BCUT2D eigenvalue weighted by molar-refractivity contribution is 6.07. The molecule has 0 aliphatic heterocycles. The molecule has 4 N–H and O–H groups in total. The molecule has 7 nitrogen and oxygen atoms in total. The highest BCUT2D eigenvalue weighted by Gasteiger charge is 2.11. The normalized spacial score (nSPS) is 9.71. The smallest absolute Gasteiger partial charge is 0.260 e. The van der Waals surface area contributed by atoms with Crippen LogP contribution < -0.4 is 16.6 Å². The third-order valence-corrected chi connectivity index (χ3v) is 2.04. The van der Waals surface area contributed by atoms with E-state index in [9.17, 15) is 4.79 Å². The molecule has 2 rings (SSSR count). The van der Waals surface area contributed by atoms with Gasteiger partial charge in [0.1, 0.15) is 0 Å². The second-order valence-corrected chi connectivity index (χ2v) is 3.11. The molecule has 0 saturated heterocycles. The number of hydrogen-bond acceptors (Lipinski definition) is 6. The molecule has 86 valence electrons. The zero-order chi connectivity index (χ0) is 12.1. The molecule has 0 radical (unpaired) electrons. The SMILES string of the molecule is NNc1ccccc1C(=O)Nc1nccnn1. The first-order chi connectivity index (χ1) is 8.31. The van der Waals surface area contributed by atoms with E-state index >= 15 is 0 Å². The van der Waals surface area contributed by atoms with Crippen LogP contribution in [-0.4, -0.2) is 21.1 Å². The van der Waals surface area contributed by atoms with Crippen LogP contribution in [0.25, 0.3) is 0 Å². The third-order valence-electron chi connectivity index (χ3n) is 2.04. The van der Waals surface area contributed by atoms with E-state index in [1.165, 1.54) is 12.4 Å². The van der Waals surface area contributed by atoms with Crippen molar-refractivity contribution >= 4 is 17.5 Å². The summed E-state index contributed by atoms with van der Waals surface area (Å²) in [5.41, 5.74) is 3.37. The molecule has 0 spiro atoms. The van der Waals surface area contributed by atoms with Crippen molar-refractivity contribution < 1.29 is 4.79 Å². The predicted molar refractivity (Wildman–Crippen MR) is 62.0 cm³/mol. The number of nitrogens with two attached hydrogens (primary N) is 1. The number of nitrogen functional groups attached to an aromatic ring is 1. The first-order valence-electron chi connectivity index (χ1n) is 4.82. The number of nitrogens with zero attached hydrogens (tertiary/aromatic N) is 3. The summed E-state index contributed by atoms with van der Waals surface area (Å²) in [5, 5.41) is 9.78. The van der Waals surface area contributed by atoms with Gasteiger partial charge >= 0.3 is 0 Å². The molecule has 1 amide bonds. The second-order valence-electron chi connectivity index (χ2n) is 3.11. The van der Waals surface area contributed by atoms with Crippen molar-refractivity contribution in [3.05, 3.63) is 42.2 Å². The molecule has 1 aromatic carbocycles. The van der Waals surface area contributed by atoms with Gasteiger partial charge in [0.15, 0.2) is 0 Å². The standard InChI is InChI=1S/C10H10N6O/c11-15-8-4-2-1-3-7(8)9(17)14-10-12-5-6-13-16-10/h1-6,15H,11H2,(H,12,14,16,17). The van der Waals surface area contributed by atoms with Crippen LogP contribution in [0.3, 0.4) is 0 Å². The Hall–Kier alpha value is -2.54. The summed E-state index contributed by atoms with van der Waals surface area (Å²) in [7, 11) is 0. The molecule has 0 unspecified atom stereocenters. The molecule has 7 heteroatoms. The molecule has 2 aromatic rings. The van der Waals surface area contributed by atoms with Crippen molar-refractivity contribution in [2.24, 2.45) is 5.84 Å². The summed E-state index contributed by atoms with van der Waals surface area (Å²) >= 11 is 0. The Bertz CT molecular complexity index is 515. The van der Waals surface area contributed by atoms with Gasteiger partial charge in [0, 0.05) is 0 Å².